The van der Waals surface area contributed by atoms with Crippen LogP contribution in [0.4, 0.5) is 13.6 Å². The van der Waals surface area contributed by atoms with Crippen molar-refractivity contribution >= 4 is 6.09 Å². The highest BCUT2D eigenvalue weighted by Gasteiger charge is 2.19. The van der Waals surface area contributed by atoms with Crippen molar-refractivity contribution in [3.8, 4) is 11.5 Å². The standard InChI is InChI=1S/C17H14F2N4O4/c18-14(19)16-22-21-15(27-16)11-6-7-23(13(24)8-11)9-12(26-17(20)25)10-4-2-1-3-5-10/h1-8,12,14H,9H2,(H2,20,25). The first kappa shape index (κ1) is 18.2. The van der Waals surface area contributed by atoms with Gasteiger partial charge in [0.15, 0.2) is 0 Å². The molecule has 140 valence electrons. The van der Waals surface area contributed by atoms with Gasteiger partial charge in [0.1, 0.15) is 6.10 Å². The van der Waals surface area contributed by atoms with Crippen LogP contribution in [0.15, 0.2) is 57.9 Å². The molecule has 1 unspecified atom stereocenters. The third-order valence-electron chi connectivity index (χ3n) is 3.66. The molecule has 0 spiro atoms. The van der Waals surface area contributed by atoms with Crippen LogP contribution in [0.1, 0.15) is 24.0 Å². The Morgan fingerprint density at radius 1 is 1.22 bits per heavy atom. The zero-order valence-electron chi connectivity index (χ0n) is 13.8. The summed E-state index contributed by atoms with van der Waals surface area (Å²) in [6.45, 7) is 0.0121. The Morgan fingerprint density at radius 3 is 2.56 bits per heavy atom. The number of ether oxygens (including phenoxy) is 1. The minimum Gasteiger partial charge on any atom is -0.440 e. The number of rotatable bonds is 6. The quantitative estimate of drug-likeness (QED) is 0.708. The minimum absolute atomic E-state index is 0.0121. The third kappa shape index (κ3) is 4.35. The summed E-state index contributed by atoms with van der Waals surface area (Å²) in [6.07, 6.45) is -3.24. The van der Waals surface area contributed by atoms with E-state index in [1.165, 1.54) is 16.8 Å². The minimum atomic E-state index is -2.90. The van der Waals surface area contributed by atoms with Crippen molar-refractivity contribution in [2.24, 2.45) is 5.73 Å². The fourth-order valence-electron chi connectivity index (χ4n) is 2.43. The molecule has 10 heteroatoms. The zero-order valence-corrected chi connectivity index (χ0v) is 13.8. The van der Waals surface area contributed by atoms with Crippen LogP contribution in [0.2, 0.25) is 0 Å². The van der Waals surface area contributed by atoms with Gasteiger partial charge < -0.3 is 19.5 Å². The SMILES string of the molecule is NC(=O)OC(Cn1ccc(-c2nnc(C(F)F)o2)cc1=O)c1ccccc1. The molecule has 2 heterocycles. The smallest absolute Gasteiger partial charge is 0.405 e. The second kappa shape index (κ2) is 7.77. The number of alkyl halides is 2. The first-order valence-electron chi connectivity index (χ1n) is 7.77. The van der Waals surface area contributed by atoms with Crippen molar-refractivity contribution in [1.29, 1.82) is 0 Å². The van der Waals surface area contributed by atoms with Crippen molar-refractivity contribution in [3.05, 3.63) is 70.5 Å². The molecule has 1 aromatic carbocycles. The third-order valence-corrected chi connectivity index (χ3v) is 3.66. The number of primary amides is 1. The van der Waals surface area contributed by atoms with E-state index >= 15 is 0 Å². The van der Waals surface area contributed by atoms with Crippen molar-refractivity contribution < 1.29 is 22.7 Å². The van der Waals surface area contributed by atoms with E-state index < -0.39 is 30.1 Å². The van der Waals surface area contributed by atoms with Crippen molar-refractivity contribution in [2.75, 3.05) is 0 Å². The maximum Gasteiger partial charge on any atom is 0.405 e. The molecule has 27 heavy (non-hydrogen) atoms. The molecule has 0 saturated heterocycles. The highest BCUT2D eigenvalue weighted by atomic mass is 19.3. The molecule has 0 bridgehead atoms. The lowest BCUT2D eigenvalue weighted by molar-refractivity contribution is 0.0950. The van der Waals surface area contributed by atoms with Crippen LogP contribution in [-0.4, -0.2) is 20.9 Å². The van der Waals surface area contributed by atoms with Crippen molar-refractivity contribution in [1.82, 2.24) is 14.8 Å². The van der Waals surface area contributed by atoms with Gasteiger partial charge in [-0.3, -0.25) is 4.79 Å². The summed E-state index contributed by atoms with van der Waals surface area (Å²) >= 11 is 0. The number of benzene rings is 1. The summed E-state index contributed by atoms with van der Waals surface area (Å²) in [4.78, 5) is 23.5. The van der Waals surface area contributed by atoms with Crippen LogP contribution in [-0.2, 0) is 11.3 Å². The van der Waals surface area contributed by atoms with Gasteiger partial charge in [0, 0.05) is 17.8 Å². The number of amides is 1. The maximum absolute atomic E-state index is 12.5. The van der Waals surface area contributed by atoms with E-state index in [9.17, 15) is 18.4 Å². The number of pyridine rings is 1. The number of carbonyl (C=O) groups is 1. The number of aromatic nitrogens is 3. The van der Waals surface area contributed by atoms with Crippen molar-refractivity contribution in [3.63, 3.8) is 0 Å². The van der Waals surface area contributed by atoms with Gasteiger partial charge in [0.2, 0.25) is 5.89 Å². The largest absolute Gasteiger partial charge is 0.440 e. The predicted octanol–water partition coefficient (Wildman–Crippen LogP) is 2.67. The number of nitrogens with two attached hydrogens (primary N) is 1. The Bertz CT molecular complexity index is 988. The molecular weight excluding hydrogens is 362 g/mol. The number of hydrogen-bond donors (Lipinski definition) is 1. The summed E-state index contributed by atoms with van der Waals surface area (Å²) in [6, 6.07) is 11.4. The van der Waals surface area contributed by atoms with Gasteiger partial charge in [-0.1, -0.05) is 30.3 Å². The first-order valence-corrected chi connectivity index (χ1v) is 7.77. The normalized spacial score (nSPS) is 12.1. The van der Waals surface area contributed by atoms with Gasteiger partial charge in [0.05, 0.1) is 6.54 Å². The van der Waals surface area contributed by atoms with E-state index in [-0.39, 0.29) is 18.0 Å². The van der Waals surface area contributed by atoms with Gasteiger partial charge in [-0.25, -0.2) is 4.79 Å². The van der Waals surface area contributed by atoms with Crippen LogP contribution in [0.25, 0.3) is 11.5 Å². The van der Waals surface area contributed by atoms with E-state index in [1.807, 2.05) is 0 Å². The Balaban J connectivity index is 1.85. The molecule has 3 aromatic rings. The van der Waals surface area contributed by atoms with Crippen LogP contribution in [0.5, 0.6) is 0 Å². The lowest BCUT2D eigenvalue weighted by atomic mass is 10.1. The van der Waals surface area contributed by atoms with Gasteiger partial charge >= 0.3 is 12.5 Å². The lowest BCUT2D eigenvalue weighted by Gasteiger charge is -2.18. The molecule has 0 radical (unpaired) electrons. The van der Waals surface area contributed by atoms with E-state index in [4.69, 9.17) is 14.9 Å². The van der Waals surface area contributed by atoms with Gasteiger partial charge in [-0.05, 0) is 11.6 Å². The molecule has 0 saturated carbocycles. The average molecular weight is 376 g/mol. The van der Waals surface area contributed by atoms with E-state index in [0.717, 1.165) is 6.07 Å². The summed E-state index contributed by atoms with van der Waals surface area (Å²) in [7, 11) is 0. The fraction of sp³-hybridized carbons (Fsp3) is 0.176. The van der Waals surface area contributed by atoms with Gasteiger partial charge in [0.25, 0.3) is 11.4 Å². The van der Waals surface area contributed by atoms with Crippen LogP contribution >= 0.6 is 0 Å². The molecule has 2 aromatic heterocycles. The lowest BCUT2D eigenvalue weighted by Crippen LogP contribution is -2.26. The summed E-state index contributed by atoms with van der Waals surface area (Å²) in [5.41, 5.74) is 5.49. The molecule has 8 nitrogen and oxygen atoms in total. The van der Waals surface area contributed by atoms with Gasteiger partial charge in [-0.2, -0.15) is 8.78 Å². The van der Waals surface area contributed by atoms with Gasteiger partial charge in [-0.15, -0.1) is 10.2 Å². The second-order valence-electron chi connectivity index (χ2n) is 5.49. The van der Waals surface area contributed by atoms with Crippen LogP contribution in [0.3, 0.4) is 0 Å². The molecule has 0 fully saturated rings. The second-order valence-corrected chi connectivity index (χ2v) is 5.49. The maximum atomic E-state index is 12.5. The molecule has 1 atom stereocenters. The molecule has 0 aliphatic rings. The molecule has 0 aliphatic carbocycles. The number of hydrogen-bond acceptors (Lipinski definition) is 6. The monoisotopic (exact) mass is 376 g/mol. The predicted molar refractivity (Wildman–Crippen MR) is 88.8 cm³/mol. The molecule has 1 amide bonds. The number of carbonyl (C=O) groups excluding carboxylic acids is 1. The van der Waals surface area contributed by atoms with Crippen LogP contribution in [0, 0.1) is 0 Å². The highest BCUT2D eigenvalue weighted by Crippen LogP contribution is 2.23. The molecule has 3 rings (SSSR count). The van der Waals surface area contributed by atoms with E-state index in [2.05, 4.69) is 10.2 Å². The summed E-state index contributed by atoms with van der Waals surface area (Å²) in [5.74, 6) is -1.02. The molecule has 0 aliphatic heterocycles. The van der Waals surface area contributed by atoms with Crippen LogP contribution < -0.4 is 11.3 Å². The van der Waals surface area contributed by atoms with E-state index in [1.54, 1.807) is 30.3 Å². The Morgan fingerprint density at radius 2 is 1.96 bits per heavy atom. The molecular formula is C17H14F2N4O4. The Labute approximate surface area is 151 Å². The Kier molecular flexibility index (Phi) is 5.25. The van der Waals surface area contributed by atoms with E-state index in [0.29, 0.717) is 5.56 Å². The Hall–Kier alpha value is -3.56. The average Bonchev–Trinajstić information content (AvgIpc) is 3.13. The summed E-state index contributed by atoms with van der Waals surface area (Å²) in [5, 5.41) is 6.71. The number of nitrogens with zero attached hydrogens (tertiary/aromatic N) is 3. The topological polar surface area (TPSA) is 113 Å². The fourth-order valence-corrected chi connectivity index (χ4v) is 2.43. The zero-order chi connectivity index (χ0) is 19.4. The number of halogens is 2. The highest BCUT2D eigenvalue weighted by molar-refractivity contribution is 5.65. The first-order chi connectivity index (χ1) is 12.9. The summed E-state index contributed by atoms with van der Waals surface area (Å²) < 4.78 is 36.3. The molecule has 2 N–H and O–H groups in total. The van der Waals surface area contributed by atoms with Crippen molar-refractivity contribution in [2.45, 2.75) is 19.1 Å².